The van der Waals surface area contributed by atoms with Gasteiger partial charge in [0, 0.05) is 0 Å². The fourth-order valence-electron chi connectivity index (χ4n) is 11.3. The van der Waals surface area contributed by atoms with Gasteiger partial charge >= 0.3 is 0 Å². The number of rotatable bonds is 26. The van der Waals surface area contributed by atoms with Crippen LogP contribution in [0.4, 0.5) is 0 Å². The second kappa shape index (κ2) is 29.9. The molecule has 0 aromatic heterocycles. The van der Waals surface area contributed by atoms with Crippen LogP contribution in [0, 0.1) is 5.92 Å². The van der Waals surface area contributed by atoms with E-state index in [2.05, 4.69) is 6.92 Å². The van der Waals surface area contributed by atoms with Crippen molar-refractivity contribution >= 4 is 0 Å². The van der Waals surface area contributed by atoms with Crippen molar-refractivity contribution in [1.82, 2.24) is 0 Å². The first kappa shape index (κ1) is 58.3. The van der Waals surface area contributed by atoms with E-state index in [0.717, 1.165) is 38.9 Å². The molecule has 1 saturated carbocycles. The highest BCUT2D eigenvalue weighted by atomic mass is 16.7. The summed E-state index contributed by atoms with van der Waals surface area (Å²) in [6.07, 6.45) is -9.96. The van der Waals surface area contributed by atoms with Crippen molar-refractivity contribution in [2.75, 3.05) is 6.61 Å². The highest BCUT2D eigenvalue weighted by Gasteiger charge is 2.55. The zero-order valence-electron chi connectivity index (χ0n) is 46.7. The van der Waals surface area contributed by atoms with Gasteiger partial charge in [-0.05, 0) is 65.1 Å². The molecule has 1 N–H and O–H groups in total. The maximum Gasteiger partial charge on any atom is 0.187 e. The molecule has 0 amide bonds. The summed E-state index contributed by atoms with van der Waals surface area (Å²) in [4.78, 5) is 0. The Hall–Kier alpha value is -5.94. The van der Waals surface area contributed by atoms with Gasteiger partial charge in [-0.1, -0.05) is 219 Å². The van der Waals surface area contributed by atoms with Crippen molar-refractivity contribution < 1.29 is 57.2 Å². The minimum Gasteiger partial charge on any atom is -0.388 e. The first-order valence-electron chi connectivity index (χ1n) is 28.7. The van der Waals surface area contributed by atoms with Crippen LogP contribution in [0.2, 0.25) is 0 Å². The summed E-state index contributed by atoms with van der Waals surface area (Å²) in [5, 5.41) is 13.2. The first-order chi connectivity index (χ1) is 39.8. The molecule has 0 spiro atoms. The van der Waals surface area contributed by atoms with Crippen LogP contribution in [0.1, 0.15) is 66.1 Å². The summed E-state index contributed by atoms with van der Waals surface area (Å²) >= 11 is 0. The number of benzene rings is 7. The highest BCUT2D eigenvalue weighted by Crippen LogP contribution is 2.40. The topological polar surface area (TPSA) is 122 Å². The van der Waals surface area contributed by atoms with E-state index >= 15 is 0 Å². The molecular weight excluding hydrogens is 1020 g/mol. The largest absolute Gasteiger partial charge is 0.388 e. The molecule has 426 valence electrons. The van der Waals surface area contributed by atoms with Gasteiger partial charge in [0.1, 0.15) is 54.9 Å². The second-order valence-corrected chi connectivity index (χ2v) is 21.6. The van der Waals surface area contributed by atoms with Gasteiger partial charge in [-0.3, -0.25) is 0 Å². The van der Waals surface area contributed by atoms with Crippen LogP contribution >= 0.6 is 0 Å². The number of ether oxygens (including phenoxy) is 11. The predicted octanol–water partition coefficient (Wildman–Crippen LogP) is 11.8. The average molecular weight is 1100 g/mol. The molecule has 1 aliphatic carbocycles. The van der Waals surface area contributed by atoms with E-state index in [1.165, 1.54) is 0 Å². The lowest BCUT2D eigenvalue weighted by Crippen LogP contribution is -2.65. The molecule has 0 radical (unpaired) electrons. The number of aliphatic hydroxyl groups is 1. The van der Waals surface area contributed by atoms with Crippen molar-refractivity contribution in [2.45, 2.75) is 159 Å². The van der Waals surface area contributed by atoms with E-state index in [0.29, 0.717) is 26.2 Å². The van der Waals surface area contributed by atoms with E-state index in [4.69, 9.17) is 52.1 Å². The van der Waals surface area contributed by atoms with E-state index in [-0.39, 0.29) is 45.1 Å². The van der Waals surface area contributed by atoms with Gasteiger partial charge in [0.2, 0.25) is 0 Å². The van der Waals surface area contributed by atoms with E-state index in [1.807, 2.05) is 226 Å². The standard InChI is InChI=1S/C69H78O12/c1-48-39-58(79-63-50(3)78-49(2)62(73-42-53-29-15-6-16-30-53)66(63)75-44-55-33-19-8-20-34-55)60(70)65(61(48)72-41-52-27-13-5-14-28-52)81-69-68(77-46-57-37-23-10-24-38-57)67(76-45-56-35-21-9-22-36-56)64(74-43-54-31-17-7-18-32-54)59(80-69)47-71-40-51-25-11-4-12-26-51/h4-38,48-50,58-70H,39-47H2,1-3H3/t48?,49?,50-,58+,59-,60?,61-,62-,63?,64+,65+,66-,67?,68?,69+/m0/s1. The normalized spacial score (nSPS) is 28.6. The summed E-state index contributed by atoms with van der Waals surface area (Å²) in [5.74, 6) is -0.191. The minimum atomic E-state index is -1.24. The zero-order chi connectivity index (χ0) is 55.6. The smallest absolute Gasteiger partial charge is 0.187 e. The molecule has 2 saturated heterocycles. The molecule has 12 heteroatoms. The third-order valence-electron chi connectivity index (χ3n) is 15.5. The number of aliphatic hydroxyl groups excluding tert-OH is 1. The molecule has 2 heterocycles. The molecular formula is C69H78O12. The Morgan fingerprint density at radius 3 is 1.10 bits per heavy atom. The highest BCUT2D eigenvalue weighted by molar-refractivity contribution is 5.19. The molecule has 7 aromatic rings. The summed E-state index contributed by atoms with van der Waals surface area (Å²) in [6.45, 7) is 8.30. The number of hydrogen-bond donors (Lipinski definition) is 1. The summed E-state index contributed by atoms with van der Waals surface area (Å²) in [5.41, 5.74) is 6.96. The van der Waals surface area contributed by atoms with Crippen LogP contribution in [-0.4, -0.2) is 97.4 Å². The summed E-state index contributed by atoms with van der Waals surface area (Å²) in [7, 11) is 0. The van der Waals surface area contributed by atoms with Gasteiger partial charge < -0.3 is 57.2 Å². The predicted molar refractivity (Wildman–Crippen MR) is 308 cm³/mol. The van der Waals surface area contributed by atoms with Crippen molar-refractivity contribution in [3.05, 3.63) is 251 Å². The minimum absolute atomic E-state index is 0.129. The van der Waals surface area contributed by atoms with E-state index < -0.39 is 79.5 Å². The lowest BCUT2D eigenvalue weighted by Gasteiger charge is -2.51. The third-order valence-corrected chi connectivity index (χ3v) is 15.5. The van der Waals surface area contributed by atoms with Gasteiger partial charge in [0.15, 0.2) is 6.29 Å². The Labute approximate surface area is 478 Å². The van der Waals surface area contributed by atoms with Gasteiger partial charge in [-0.15, -0.1) is 0 Å². The first-order valence-corrected chi connectivity index (χ1v) is 28.7. The Morgan fingerprint density at radius 1 is 0.346 bits per heavy atom. The molecule has 6 unspecified atom stereocenters. The zero-order valence-corrected chi connectivity index (χ0v) is 46.7. The lowest BCUT2D eigenvalue weighted by molar-refractivity contribution is -0.356. The molecule has 12 nitrogen and oxygen atoms in total. The van der Waals surface area contributed by atoms with Gasteiger partial charge in [-0.25, -0.2) is 0 Å². The van der Waals surface area contributed by atoms with Crippen molar-refractivity contribution in [1.29, 1.82) is 0 Å². The van der Waals surface area contributed by atoms with Crippen molar-refractivity contribution in [3.63, 3.8) is 0 Å². The van der Waals surface area contributed by atoms with Crippen LogP contribution < -0.4 is 0 Å². The van der Waals surface area contributed by atoms with Gasteiger partial charge in [-0.2, -0.15) is 0 Å². The number of hydrogen-bond acceptors (Lipinski definition) is 12. The van der Waals surface area contributed by atoms with Gasteiger partial charge in [0.05, 0.1) is 77.3 Å². The monoisotopic (exact) mass is 1100 g/mol. The lowest BCUT2D eigenvalue weighted by atomic mass is 9.81. The maximum atomic E-state index is 13.2. The Morgan fingerprint density at radius 2 is 0.679 bits per heavy atom. The van der Waals surface area contributed by atoms with Crippen molar-refractivity contribution in [2.24, 2.45) is 5.92 Å². The Kier molecular flexibility index (Phi) is 21.5. The van der Waals surface area contributed by atoms with Crippen LogP contribution in [-0.2, 0) is 98.4 Å². The summed E-state index contributed by atoms with van der Waals surface area (Å²) in [6, 6.07) is 70.4. The molecule has 2 aliphatic heterocycles. The maximum absolute atomic E-state index is 13.2. The molecule has 10 rings (SSSR count). The molecule has 3 fully saturated rings. The van der Waals surface area contributed by atoms with Crippen LogP contribution in [0.5, 0.6) is 0 Å². The summed E-state index contributed by atoms with van der Waals surface area (Å²) < 4.78 is 77.0. The molecule has 3 aliphatic rings. The third kappa shape index (κ3) is 16.2. The average Bonchev–Trinajstić information content (AvgIpc) is 3.57. The molecule has 0 bridgehead atoms. The van der Waals surface area contributed by atoms with Crippen molar-refractivity contribution in [3.8, 4) is 0 Å². The molecule has 7 aromatic carbocycles. The van der Waals surface area contributed by atoms with Gasteiger partial charge in [0.25, 0.3) is 0 Å². The quantitative estimate of drug-likeness (QED) is 0.0556. The molecule has 81 heavy (non-hydrogen) atoms. The van der Waals surface area contributed by atoms with Crippen LogP contribution in [0.3, 0.4) is 0 Å². The Balaban J connectivity index is 0.997. The fourth-order valence-corrected chi connectivity index (χ4v) is 11.3. The molecule has 15 atom stereocenters. The SMILES string of the molecule is CC1C[C@@H](OC2[C@H](C)OC(C)[C@H](OCc3ccccc3)[C@@H]2OCc2ccccc2)C(O)[C@@H](O[C@H]2O[C@@H](COCc3ccccc3)[C@@H](OCc3ccccc3)C(OCc3ccccc3)C2OCc2ccccc2)[C@H]1OCc1ccccc1. The van der Waals surface area contributed by atoms with E-state index in [1.54, 1.807) is 0 Å². The van der Waals surface area contributed by atoms with Crippen LogP contribution in [0.15, 0.2) is 212 Å². The van der Waals surface area contributed by atoms with E-state index in [9.17, 15) is 5.11 Å². The van der Waals surface area contributed by atoms with Crippen LogP contribution in [0.25, 0.3) is 0 Å². The fraction of sp³-hybridized carbons (Fsp3) is 0.391. The second-order valence-electron chi connectivity index (χ2n) is 21.6. The Bertz CT molecular complexity index is 2840.